The monoisotopic (exact) mass is 326 g/mol. The van der Waals surface area contributed by atoms with E-state index < -0.39 is 11.6 Å². The first-order chi connectivity index (χ1) is 11.7. The fourth-order valence-electron chi connectivity index (χ4n) is 3.02. The minimum absolute atomic E-state index is 0.122. The topological polar surface area (TPSA) is 49.8 Å². The van der Waals surface area contributed by atoms with Crippen LogP contribution in [0.4, 0.5) is 14.7 Å². The van der Waals surface area contributed by atoms with E-state index in [1.54, 1.807) is 6.07 Å². The van der Waals surface area contributed by atoms with Crippen molar-refractivity contribution in [1.82, 2.24) is 15.3 Å². The first-order valence-corrected chi connectivity index (χ1v) is 7.91. The zero-order valence-electron chi connectivity index (χ0n) is 12.9. The maximum Gasteiger partial charge on any atom is 0.224 e. The highest BCUT2D eigenvalue weighted by Crippen LogP contribution is 2.31. The lowest BCUT2D eigenvalue weighted by molar-refractivity contribution is 0.589. The van der Waals surface area contributed by atoms with Crippen molar-refractivity contribution in [3.8, 4) is 11.3 Å². The molecule has 0 spiro atoms. The summed E-state index contributed by atoms with van der Waals surface area (Å²) < 4.78 is 28.5. The largest absolute Gasteiger partial charge is 0.350 e. The zero-order valence-corrected chi connectivity index (χ0v) is 12.9. The molecule has 1 atom stereocenters. The number of para-hydroxylation sites is 1. The van der Waals surface area contributed by atoms with Crippen LogP contribution < -0.4 is 10.6 Å². The van der Waals surface area contributed by atoms with Crippen molar-refractivity contribution < 1.29 is 8.78 Å². The fraction of sp³-hybridized carbons (Fsp3) is 0.222. The number of fused-ring (bicyclic) bond motifs is 1. The van der Waals surface area contributed by atoms with Crippen molar-refractivity contribution >= 4 is 16.9 Å². The Morgan fingerprint density at radius 3 is 2.54 bits per heavy atom. The molecule has 1 unspecified atom stereocenters. The number of hydrogen-bond donors (Lipinski definition) is 2. The molecule has 2 N–H and O–H groups in total. The first kappa shape index (κ1) is 15.0. The van der Waals surface area contributed by atoms with Crippen LogP contribution in [-0.4, -0.2) is 29.1 Å². The maximum absolute atomic E-state index is 14.3. The van der Waals surface area contributed by atoms with E-state index in [1.165, 1.54) is 18.2 Å². The number of rotatable bonds is 3. The standard InChI is InChI=1S/C18H16F2N4/c19-13-5-3-6-14(20)16(13)17-12-4-1-2-7-15(12)23-18(24-17)22-11-8-9-21-10-11/h1-7,11,21H,8-10H2,(H,22,23,24). The summed E-state index contributed by atoms with van der Waals surface area (Å²) in [6.45, 7) is 1.75. The SMILES string of the molecule is Fc1cccc(F)c1-c1nc(NC2CCNC2)nc2ccccc12. The average Bonchev–Trinajstić information content (AvgIpc) is 3.07. The molecule has 3 aromatic rings. The highest BCUT2D eigenvalue weighted by Gasteiger charge is 2.19. The van der Waals surface area contributed by atoms with Gasteiger partial charge in [0.2, 0.25) is 5.95 Å². The number of anilines is 1. The summed E-state index contributed by atoms with van der Waals surface area (Å²) >= 11 is 0. The van der Waals surface area contributed by atoms with Crippen molar-refractivity contribution in [3.63, 3.8) is 0 Å². The van der Waals surface area contributed by atoms with Gasteiger partial charge in [-0.25, -0.2) is 18.7 Å². The molecule has 2 heterocycles. The molecule has 1 saturated heterocycles. The summed E-state index contributed by atoms with van der Waals surface area (Å²) in [5.74, 6) is -0.875. The average molecular weight is 326 g/mol. The molecule has 1 aromatic heterocycles. The number of aromatic nitrogens is 2. The van der Waals surface area contributed by atoms with Crippen LogP contribution >= 0.6 is 0 Å². The Balaban J connectivity index is 1.89. The molecule has 24 heavy (non-hydrogen) atoms. The van der Waals surface area contributed by atoms with Crippen LogP contribution in [0.25, 0.3) is 22.2 Å². The summed E-state index contributed by atoms with van der Waals surface area (Å²) in [4.78, 5) is 8.92. The zero-order chi connectivity index (χ0) is 16.5. The van der Waals surface area contributed by atoms with E-state index in [9.17, 15) is 8.78 Å². The van der Waals surface area contributed by atoms with Crippen molar-refractivity contribution in [2.45, 2.75) is 12.5 Å². The van der Waals surface area contributed by atoms with Gasteiger partial charge in [0, 0.05) is 18.0 Å². The number of benzene rings is 2. The highest BCUT2D eigenvalue weighted by atomic mass is 19.1. The minimum Gasteiger partial charge on any atom is -0.350 e. The molecule has 0 amide bonds. The molecule has 1 fully saturated rings. The molecule has 1 aliphatic rings. The van der Waals surface area contributed by atoms with Crippen molar-refractivity contribution in [1.29, 1.82) is 0 Å². The summed E-state index contributed by atoms with van der Waals surface area (Å²) in [5.41, 5.74) is 0.798. The third-order valence-electron chi connectivity index (χ3n) is 4.20. The van der Waals surface area contributed by atoms with Crippen molar-refractivity contribution in [2.24, 2.45) is 0 Å². The normalized spacial score (nSPS) is 17.3. The van der Waals surface area contributed by atoms with Gasteiger partial charge in [0.15, 0.2) is 0 Å². The number of halogens is 2. The van der Waals surface area contributed by atoms with Gasteiger partial charge in [-0.2, -0.15) is 0 Å². The smallest absolute Gasteiger partial charge is 0.224 e. The van der Waals surface area contributed by atoms with Crippen LogP contribution in [0.5, 0.6) is 0 Å². The van der Waals surface area contributed by atoms with Gasteiger partial charge in [-0.3, -0.25) is 0 Å². The third-order valence-corrected chi connectivity index (χ3v) is 4.20. The summed E-state index contributed by atoms with van der Waals surface area (Å²) in [7, 11) is 0. The molecule has 122 valence electrons. The van der Waals surface area contributed by atoms with Crippen LogP contribution in [0.15, 0.2) is 42.5 Å². The van der Waals surface area contributed by atoms with E-state index in [4.69, 9.17) is 0 Å². The number of nitrogens with zero attached hydrogens (tertiary/aromatic N) is 2. The Labute approximate surface area is 137 Å². The number of nitrogens with one attached hydrogen (secondary N) is 2. The van der Waals surface area contributed by atoms with Crippen molar-refractivity contribution in [2.75, 3.05) is 18.4 Å². The van der Waals surface area contributed by atoms with Gasteiger partial charge in [-0.1, -0.05) is 24.3 Å². The van der Waals surface area contributed by atoms with E-state index in [0.717, 1.165) is 19.5 Å². The summed E-state index contributed by atoms with van der Waals surface area (Å²) in [6, 6.07) is 11.3. The van der Waals surface area contributed by atoms with Gasteiger partial charge < -0.3 is 10.6 Å². The van der Waals surface area contributed by atoms with E-state index in [1.807, 2.05) is 18.2 Å². The summed E-state index contributed by atoms with van der Waals surface area (Å²) in [5, 5.41) is 7.13. The van der Waals surface area contributed by atoms with Gasteiger partial charge in [-0.15, -0.1) is 0 Å². The molecule has 2 aromatic carbocycles. The van der Waals surface area contributed by atoms with E-state index in [2.05, 4.69) is 20.6 Å². The molecule has 0 radical (unpaired) electrons. The molecule has 6 heteroatoms. The lowest BCUT2D eigenvalue weighted by Crippen LogP contribution is -2.23. The second kappa shape index (κ2) is 6.13. The Bertz CT molecular complexity index is 871. The molecule has 4 rings (SSSR count). The van der Waals surface area contributed by atoms with Crippen LogP contribution in [0.1, 0.15) is 6.42 Å². The van der Waals surface area contributed by atoms with Crippen LogP contribution in [0.2, 0.25) is 0 Å². The molecule has 1 aliphatic heterocycles. The van der Waals surface area contributed by atoms with Crippen molar-refractivity contribution in [3.05, 3.63) is 54.1 Å². The Kier molecular flexibility index (Phi) is 3.82. The molecule has 0 saturated carbocycles. The lowest BCUT2D eigenvalue weighted by atomic mass is 10.1. The fourth-order valence-corrected chi connectivity index (χ4v) is 3.02. The Morgan fingerprint density at radius 2 is 1.79 bits per heavy atom. The van der Waals surface area contributed by atoms with E-state index in [0.29, 0.717) is 16.9 Å². The van der Waals surface area contributed by atoms with Crippen LogP contribution in [0, 0.1) is 11.6 Å². The van der Waals surface area contributed by atoms with Gasteiger partial charge in [0.25, 0.3) is 0 Å². The molecular weight excluding hydrogens is 310 g/mol. The summed E-state index contributed by atoms with van der Waals surface area (Å²) in [6.07, 6.45) is 0.958. The predicted molar refractivity (Wildman–Crippen MR) is 89.8 cm³/mol. The van der Waals surface area contributed by atoms with Gasteiger partial charge in [0.05, 0.1) is 16.8 Å². The Hall–Kier alpha value is -2.60. The minimum atomic E-state index is -0.632. The third kappa shape index (κ3) is 2.69. The van der Waals surface area contributed by atoms with E-state index in [-0.39, 0.29) is 17.3 Å². The van der Waals surface area contributed by atoms with Gasteiger partial charge in [-0.05, 0) is 31.2 Å². The molecule has 4 nitrogen and oxygen atoms in total. The second-order valence-corrected chi connectivity index (χ2v) is 5.84. The number of hydrogen-bond acceptors (Lipinski definition) is 4. The van der Waals surface area contributed by atoms with Gasteiger partial charge >= 0.3 is 0 Å². The predicted octanol–water partition coefficient (Wildman–Crippen LogP) is 3.35. The van der Waals surface area contributed by atoms with Gasteiger partial charge in [0.1, 0.15) is 11.6 Å². The molecule has 0 aliphatic carbocycles. The first-order valence-electron chi connectivity index (χ1n) is 7.91. The van der Waals surface area contributed by atoms with Crippen LogP contribution in [0.3, 0.4) is 0 Å². The highest BCUT2D eigenvalue weighted by molar-refractivity contribution is 5.93. The lowest BCUT2D eigenvalue weighted by Gasteiger charge is -2.14. The Morgan fingerprint density at radius 1 is 1.00 bits per heavy atom. The molecular formula is C18H16F2N4. The quantitative estimate of drug-likeness (QED) is 0.775. The molecule has 0 bridgehead atoms. The second-order valence-electron chi connectivity index (χ2n) is 5.84. The van der Waals surface area contributed by atoms with E-state index >= 15 is 0 Å². The van der Waals surface area contributed by atoms with Crippen LogP contribution in [-0.2, 0) is 0 Å². The maximum atomic E-state index is 14.3.